The van der Waals surface area contributed by atoms with Gasteiger partial charge in [0.15, 0.2) is 0 Å². The first kappa shape index (κ1) is 18.1. The molecular formula is C21H21N3OS. The number of thioether (sulfide) groups is 1. The second-order valence-corrected chi connectivity index (χ2v) is 6.92. The number of rotatable bonds is 7. The van der Waals surface area contributed by atoms with Crippen LogP contribution in [-0.4, -0.2) is 21.6 Å². The summed E-state index contributed by atoms with van der Waals surface area (Å²) >= 11 is 1.56. The van der Waals surface area contributed by atoms with E-state index in [0.717, 1.165) is 28.4 Å². The van der Waals surface area contributed by atoms with Crippen LogP contribution in [0.5, 0.6) is 0 Å². The van der Waals surface area contributed by atoms with Gasteiger partial charge in [-0.1, -0.05) is 49.4 Å². The van der Waals surface area contributed by atoms with Gasteiger partial charge in [-0.05, 0) is 30.2 Å². The minimum absolute atomic E-state index is 0.0130. The highest BCUT2D eigenvalue weighted by atomic mass is 32.2. The summed E-state index contributed by atoms with van der Waals surface area (Å²) in [6, 6.07) is 19.9. The lowest BCUT2D eigenvalue weighted by molar-refractivity contribution is -0.115. The van der Waals surface area contributed by atoms with Crippen molar-refractivity contribution in [1.29, 1.82) is 0 Å². The molecule has 0 radical (unpaired) electrons. The van der Waals surface area contributed by atoms with Crippen LogP contribution < -0.4 is 5.32 Å². The van der Waals surface area contributed by atoms with Crippen LogP contribution in [0, 0.1) is 0 Å². The number of hydrogen-bond donors (Lipinski definition) is 1. The molecule has 0 fully saturated rings. The van der Waals surface area contributed by atoms with Gasteiger partial charge in [-0.15, -0.1) is 11.8 Å². The van der Waals surface area contributed by atoms with Crippen molar-refractivity contribution in [2.45, 2.75) is 24.8 Å². The van der Waals surface area contributed by atoms with Gasteiger partial charge in [-0.3, -0.25) is 4.79 Å². The average Bonchev–Trinajstić information content (AvgIpc) is 2.69. The molecule has 0 saturated carbocycles. The van der Waals surface area contributed by atoms with E-state index in [1.165, 1.54) is 5.56 Å². The molecule has 132 valence electrons. The van der Waals surface area contributed by atoms with Crippen molar-refractivity contribution < 1.29 is 4.79 Å². The Morgan fingerprint density at radius 3 is 2.54 bits per heavy atom. The Labute approximate surface area is 158 Å². The van der Waals surface area contributed by atoms with Crippen LogP contribution in [0.2, 0.25) is 0 Å². The van der Waals surface area contributed by atoms with Gasteiger partial charge in [-0.2, -0.15) is 0 Å². The smallest absolute Gasteiger partial charge is 0.225 e. The molecule has 1 amide bonds. The quantitative estimate of drug-likeness (QED) is 0.483. The summed E-state index contributed by atoms with van der Waals surface area (Å²) in [6.07, 6.45) is 3.00. The molecule has 4 nitrogen and oxygen atoms in total. The van der Waals surface area contributed by atoms with Gasteiger partial charge in [0.05, 0.1) is 10.7 Å². The molecule has 3 rings (SSSR count). The van der Waals surface area contributed by atoms with Crippen molar-refractivity contribution in [3.8, 4) is 11.3 Å². The Morgan fingerprint density at radius 1 is 1.04 bits per heavy atom. The van der Waals surface area contributed by atoms with Gasteiger partial charge in [0.25, 0.3) is 0 Å². The zero-order valence-corrected chi connectivity index (χ0v) is 15.5. The first-order valence-corrected chi connectivity index (χ1v) is 9.62. The van der Waals surface area contributed by atoms with E-state index >= 15 is 0 Å². The van der Waals surface area contributed by atoms with E-state index in [4.69, 9.17) is 0 Å². The van der Waals surface area contributed by atoms with E-state index in [0.29, 0.717) is 12.2 Å². The van der Waals surface area contributed by atoms with E-state index in [-0.39, 0.29) is 5.91 Å². The summed E-state index contributed by atoms with van der Waals surface area (Å²) in [4.78, 5) is 20.7. The highest BCUT2D eigenvalue weighted by Gasteiger charge is 2.06. The Balaban J connectivity index is 1.50. The van der Waals surface area contributed by atoms with Crippen molar-refractivity contribution in [3.05, 3.63) is 72.6 Å². The number of aromatic nitrogens is 2. The van der Waals surface area contributed by atoms with Crippen LogP contribution in [0.4, 0.5) is 5.69 Å². The van der Waals surface area contributed by atoms with Crippen LogP contribution in [0.25, 0.3) is 11.3 Å². The molecule has 2 aromatic carbocycles. The molecule has 0 aliphatic heterocycles. The Kier molecular flexibility index (Phi) is 6.39. The van der Waals surface area contributed by atoms with Crippen molar-refractivity contribution >= 4 is 23.4 Å². The molecule has 0 aliphatic carbocycles. The summed E-state index contributed by atoms with van der Waals surface area (Å²) < 4.78 is 0. The van der Waals surface area contributed by atoms with Crippen LogP contribution >= 0.6 is 11.8 Å². The van der Waals surface area contributed by atoms with Crippen molar-refractivity contribution in [1.82, 2.24) is 9.97 Å². The van der Waals surface area contributed by atoms with Gasteiger partial charge in [0.2, 0.25) is 5.91 Å². The van der Waals surface area contributed by atoms with Gasteiger partial charge in [0, 0.05) is 23.4 Å². The normalized spacial score (nSPS) is 10.5. The maximum atomic E-state index is 12.1. The second kappa shape index (κ2) is 9.15. The highest BCUT2D eigenvalue weighted by molar-refractivity contribution is 7.99. The Morgan fingerprint density at radius 2 is 1.81 bits per heavy atom. The molecule has 0 bridgehead atoms. The highest BCUT2D eigenvalue weighted by Crippen LogP contribution is 2.22. The minimum atomic E-state index is 0.0130. The number of hydrogen-bond acceptors (Lipinski definition) is 4. The van der Waals surface area contributed by atoms with Crippen LogP contribution in [-0.2, 0) is 11.2 Å². The van der Waals surface area contributed by atoms with Gasteiger partial charge in [-0.25, -0.2) is 9.97 Å². The summed E-state index contributed by atoms with van der Waals surface area (Å²) in [5.41, 5.74) is 4.05. The van der Waals surface area contributed by atoms with E-state index in [2.05, 4.69) is 22.2 Å². The molecule has 0 unspecified atom stereocenters. The predicted octanol–water partition coefficient (Wildman–Crippen LogP) is 4.83. The minimum Gasteiger partial charge on any atom is -0.326 e. The summed E-state index contributed by atoms with van der Waals surface area (Å²) in [6.45, 7) is 2.11. The lowest BCUT2D eigenvalue weighted by Crippen LogP contribution is -2.12. The average molecular weight is 363 g/mol. The van der Waals surface area contributed by atoms with E-state index in [1.54, 1.807) is 18.1 Å². The number of nitrogens with one attached hydrogen (secondary N) is 1. The summed E-state index contributed by atoms with van der Waals surface area (Å²) in [7, 11) is 0. The fraction of sp³-hybridized carbons (Fsp3) is 0.190. The third-order valence-electron chi connectivity index (χ3n) is 3.94. The molecule has 26 heavy (non-hydrogen) atoms. The Hall–Kier alpha value is -2.66. The number of benzene rings is 2. The molecule has 0 saturated heterocycles. The van der Waals surface area contributed by atoms with Crippen LogP contribution in [0.1, 0.15) is 18.9 Å². The van der Waals surface area contributed by atoms with Gasteiger partial charge >= 0.3 is 0 Å². The number of amides is 1. The molecular weight excluding hydrogens is 342 g/mol. The molecule has 0 atom stereocenters. The monoisotopic (exact) mass is 363 g/mol. The molecule has 3 aromatic rings. The largest absolute Gasteiger partial charge is 0.326 e. The molecule has 1 heterocycles. The maximum Gasteiger partial charge on any atom is 0.225 e. The zero-order valence-electron chi connectivity index (χ0n) is 14.7. The number of carbonyl (C=O) groups excluding carboxylic acids is 1. The lowest BCUT2D eigenvalue weighted by atomic mass is 10.1. The second-order valence-electron chi connectivity index (χ2n) is 5.80. The van der Waals surface area contributed by atoms with Crippen LogP contribution in [0.15, 0.2) is 72.0 Å². The summed E-state index contributed by atoms with van der Waals surface area (Å²) in [5.74, 6) is 0.684. The molecule has 0 spiro atoms. The number of anilines is 1. The third-order valence-corrected chi connectivity index (χ3v) is 4.86. The van der Waals surface area contributed by atoms with Crippen molar-refractivity contribution in [2.24, 2.45) is 0 Å². The SMILES string of the molecule is CCc1ccc(NC(=O)CCSc2cc(-c3ccccc3)ncn2)cc1. The van der Waals surface area contributed by atoms with E-state index in [9.17, 15) is 4.79 Å². The van der Waals surface area contributed by atoms with E-state index < -0.39 is 0 Å². The lowest BCUT2D eigenvalue weighted by Gasteiger charge is -2.06. The van der Waals surface area contributed by atoms with E-state index in [1.807, 2.05) is 60.7 Å². The third kappa shape index (κ3) is 5.17. The first-order valence-electron chi connectivity index (χ1n) is 8.63. The number of aryl methyl sites for hydroxylation is 1. The molecule has 1 N–H and O–H groups in total. The number of carbonyl (C=O) groups is 1. The number of nitrogens with zero attached hydrogens (tertiary/aromatic N) is 2. The first-order chi connectivity index (χ1) is 12.7. The molecule has 0 aliphatic rings. The van der Waals surface area contributed by atoms with Crippen LogP contribution in [0.3, 0.4) is 0 Å². The zero-order chi connectivity index (χ0) is 18.2. The van der Waals surface area contributed by atoms with Crippen molar-refractivity contribution in [3.63, 3.8) is 0 Å². The standard InChI is InChI=1S/C21H21N3OS/c1-2-16-8-10-18(11-9-16)24-20(25)12-13-26-21-14-19(22-15-23-21)17-6-4-3-5-7-17/h3-11,14-15H,2,12-13H2,1H3,(H,24,25). The predicted molar refractivity (Wildman–Crippen MR) is 107 cm³/mol. The fourth-order valence-electron chi connectivity index (χ4n) is 2.48. The van der Waals surface area contributed by atoms with Gasteiger partial charge < -0.3 is 5.32 Å². The summed E-state index contributed by atoms with van der Waals surface area (Å²) in [5, 5.41) is 3.81. The van der Waals surface area contributed by atoms with Crippen molar-refractivity contribution in [2.75, 3.05) is 11.1 Å². The maximum absolute atomic E-state index is 12.1. The molecule has 5 heteroatoms. The topological polar surface area (TPSA) is 54.9 Å². The fourth-order valence-corrected chi connectivity index (χ4v) is 3.29. The molecule has 1 aromatic heterocycles. The Bertz CT molecular complexity index is 851. The van der Waals surface area contributed by atoms with Gasteiger partial charge in [0.1, 0.15) is 6.33 Å².